The molecule has 1 aliphatic rings. The van der Waals surface area contributed by atoms with E-state index in [1.54, 1.807) is 0 Å². The van der Waals surface area contributed by atoms with Crippen molar-refractivity contribution in [3.8, 4) is 0 Å². The first-order chi connectivity index (χ1) is 6.59. The molecule has 4 heteroatoms. The van der Waals surface area contributed by atoms with Gasteiger partial charge in [-0.1, -0.05) is 13.8 Å². The zero-order valence-electron chi connectivity index (χ0n) is 8.85. The lowest BCUT2D eigenvalue weighted by Gasteiger charge is -2.11. The van der Waals surface area contributed by atoms with Gasteiger partial charge in [0, 0.05) is 19.5 Å². The van der Waals surface area contributed by atoms with E-state index in [0.29, 0.717) is 25.4 Å². The third-order valence-corrected chi connectivity index (χ3v) is 2.41. The molecule has 2 unspecified atom stereocenters. The molecule has 2 N–H and O–H groups in total. The summed E-state index contributed by atoms with van der Waals surface area (Å²) in [6.07, 6.45) is 0.418. The molecule has 14 heavy (non-hydrogen) atoms. The van der Waals surface area contributed by atoms with E-state index in [2.05, 4.69) is 24.5 Å². The van der Waals surface area contributed by atoms with Gasteiger partial charge in [0.2, 0.25) is 5.91 Å². The van der Waals surface area contributed by atoms with Gasteiger partial charge in [0.05, 0.1) is 6.04 Å². The lowest BCUT2D eigenvalue weighted by atomic mass is 10.1. The van der Waals surface area contributed by atoms with Crippen molar-refractivity contribution in [3.63, 3.8) is 0 Å². The van der Waals surface area contributed by atoms with Crippen LogP contribution in [0.2, 0.25) is 0 Å². The first-order valence-corrected chi connectivity index (χ1v) is 5.24. The summed E-state index contributed by atoms with van der Waals surface area (Å²) in [6, 6.07) is -0.322. The fourth-order valence-electron chi connectivity index (χ4n) is 1.50. The van der Waals surface area contributed by atoms with Gasteiger partial charge in [0.15, 0.2) is 0 Å². The van der Waals surface area contributed by atoms with E-state index < -0.39 is 6.17 Å². The second-order valence-electron chi connectivity index (χ2n) is 4.27. The summed E-state index contributed by atoms with van der Waals surface area (Å²) >= 11 is 0. The first-order valence-electron chi connectivity index (χ1n) is 5.24. The van der Waals surface area contributed by atoms with Crippen LogP contribution in [0.25, 0.3) is 0 Å². The smallest absolute Gasteiger partial charge is 0.237 e. The normalized spacial score (nSPS) is 26.9. The summed E-state index contributed by atoms with van der Waals surface area (Å²) in [5.41, 5.74) is 0. The minimum absolute atomic E-state index is 0.0641. The summed E-state index contributed by atoms with van der Waals surface area (Å²) in [4.78, 5) is 11.4. The first kappa shape index (κ1) is 11.4. The minimum atomic E-state index is -0.865. The Hall–Kier alpha value is -0.640. The van der Waals surface area contributed by atoms with Gasteiger partial charge in [-0.25, -0.2) is 4.39 Å². The van der Waals surface area contributed by atoms with Crippen LogP contribution in [0.15, 0.2) is 0 Å². The van der Waals surface area contributed by atoms with E-state index in [9.17, 15) is 9.18 Å². The van der Waals surface area contributed by atoms with Crippen molar-refractivity contribution in [1.29, 1.82) is 0 Å². The van der Waals surface area contributed by atoms with Crippen LogP contribution in [0, 0.1) is 5.92 Å². The van der Waals surface area contributed by atoms with Crippen LogP contribution in [0.3, 0.4) is 0 Å². The number of halogens is 1. The quantitative estimate of drug-likeness (QED) is 0.709. The molecule has 0 aromatic carbocycles. The van der Waals surface area contributed by atoms with E-state index in [1.165, 1.54) is 0 Å². The van der Waals surface area contributed by atoms with Gasteiger partial charge in [-0.3, -0.25) is 4.79 Å². The number of carbonyl (C=O) groups is 1. The molecular weight excluding hydrogens is 183 g/mol. The van der Waals surface area contributed by atoms with Crippen molar-refractivity contribution >= 4 is 5.91 Å². The van der Waals surface area contributed by atoms with E-state index >= 15 is 0 Å². The SMILES string of the molecule is CC(C)CCNC(=O)C1CC(F)CN1. The van der Waals surface area contributed by atoms with Crippen LogP contribution in [0.1, 0.15) is 26.7 Å². The molecule has 1 saturated heterocycles. The Bertz CT molecular complexity index is 197. The van der Waals surface area contributed by atoms with Crippen molar-refractivity contribution in [1.82, 2.24) is 10.6 Å². The summed E-state index contributed by atoms with van der Waals surface area (Å²) in [5.74, 6) is 0.520. The fraction of sp³-hybridized carbons (Fsp3) is 0.900. The van der Waals surface area contributed by atoms with Crippen molar-refractivity contribution in [2.75, 3.05) is 13.1 Å². The molecular formula is C10H19FN2O. The van der Waals surface area contributed by atoms with Gasteiger partial charge in [0.1, 0.15) is 6.17 Å². The standard InChI is InChI=1S/C10H19FN2O/c1-7(2)3-4-12-10(14)9-5-8(11)6-13-9/h7-9,13H,3-6H2,1-2H3,(H,12,14). The number of hydrogen-bond donors (Lipinski definition) is 2. The number of hydrogen-bond acceptors (Lipinski definition) is 2. The highest BCUT2D eigenvalue weighted by Gasteiger charge is 2.28. The Morgan fingerprint density at radius 3 is 2.86 bits per heavy atom. The molecule has 0 bridgehead atoms. The van der Waals surface area contributed by atoms with Crippen LogP contribution in [0.4, 0.5) is 4.39 Å². The van der Waals surface area contributed by atoms with E-state index in [0.717, 1.165) is 6.42 Å². The zero-order chi connectivity index (χ0) is 10.6. The van der Waals surface area contributed by atoms with Gasteiger partial charge in [-0.15, -0.1) is 0 Å². The molecule has 1 rings (SSSR count). The van der Waals surface area contributed by atoms with E-state index in [-0.39, 0.29) is 11.9 Å². The molecule has 0 radical (unpaired) electrons. The fourth-order valence-corrected chi connectivity index (χ4v) is 1.50. The predicted octanol–water partition coefficient (Wildman–Crippen LogP) is 0.849. The number of rotatable bonds is 4. The number of nitrogens with one attached hydrogen (secondary N) is 2. The number of alkyl halides is 1. The molecule has 0 saturated carbocycles. The van der Waals surface area contributed by atoms with Crippen molar-refractivity contribution in [2.45, 2.75) is 38.9 Å². The van der Waals surface area contributed by atoms with Gasteiger partial charge < -0.3 is 10.6 Å². The van der Waals surface area contributed by atoms with Gasteiger partial charge in [-0.05, 0) is 12.3 Å². The van der Waals surface area contributed by atoms with E-state index in [1.807, 2.05) is 0 Å². The largest absolute Gasteiger partial charge is 0.355 e. The maximum Gasteiger partial charge on any atom is 0.237 e. The monoisotopic (exact) mass is 202 g/mol. The molecule has 3 nitrogen and oxygen atoms in total. The third kappa shape index (κ3) is 3.62. The third-order valence-electron chi connectivity index (χ3n) is 2.41. The molecule has 2 atom stereocenters. The molecule has 1 heterocycles. The van der Waals surface area contributed by atoms with Gasteiger partial charge in [-0.2, -0.15) is 0 Å². The molecule has 1 amide bonds. The maximum absolute atomic E-state index is 12.7. The molecule has 0 aliphatic carbocycles. The Labute approximate surface area is 84.4 Å². The van der Waals surface area contributed by atoms with Gasteiger partial charge in [0.25, 0.3) is 0 Å². The molecule has 82 valence electrons. The Balaban J connectivity index is 2.15. The van der Waals surface area contributed by atoms with Crippen LogP contribution in [-0.2, 0) is 4.79 Å². The summed E-state index contributed by atoms with van der Waals surface area (Å²) in [5, 5.41) is 5.67. The second kappa shape index (κ2) is 5.29. The van der Waals surface area contributed by atoms with Crippen molar-refractivity contribution in [2.24, 2.45) is 5.92 Å². The highest BCUT2D eigenvalue weighted by Crippen LogP contribution is 2.09. The van der Waals surface area contributed by atoms with E-state index in [4.69, 9.17) is 0 Å². The van der Waals surface area contributed by atoms with Crippen molar-refractivity contribution < 1.29 is 9.18 Å². The van der Waals surface area contributed by atoms with Crippen LogP contribution >= 0.6 is 0 Å². The predicted molar refractivity (Wildman–Crippen MR) is 53.8 cm³/mol. The summed E-state index contributed by atoms with van der Waals surface area (Å²) < 4.78 is 12.7. The van der Waals surface area contributed by atoms with Crippen molar-refractivity contribution in [3.05, 3.63) is 0 Å². The zero-order valence-corrected chi connectivity index (χ0v) is 8.85. The Kier molecular flexibility index (Phi) is 4.32. The van der Waals surface area contributed by atoms with Crippen LogP contribution < -0.4 is 10.6 Å². The summed E-state index contributed by atoms with van der Waals surface area (Å²) in [7, 11) is 0. The average Bonchev–Trinajstić information content (AvgIpc) is 2.51. The Morgan fingerprint density at radius 2 is 2.36 bits per heavy atom. The molecule has 1 aliphatic heterocycles. The average molecular weight is 202 g/mol. The maximum atomic E-state index is 12.7. The van der Waals surface area contributed by atoms with Crippen LogP contribution in [0.5, 0.6) is 0 Å². The van der Waals surface area contributed by atoms with Crippen LogP contribution in [-0.4, -0.2) is 31.2 Å². The summed E-state index contributed by atoms with van der Waals surface area (Å²) in [6.45, 7) is 5.21. The highest BCUT2D eigenvalue weighted by atomic mass is 19.1. The van der Waals surface area contributed by atoms with Gasteiger partial charge >= 0.3 is 0 Å². The lowest BCUT2D eigenvalue weighted by Crippen LogP contribution is -2.40. The number of carbonyl (C=O) groups excluding carboxylic acids is 1. The molecule has 1 fully saturated rings. The Morgan fingerprint density at radius 1 is 1.64 bits per heavy atom. The highest BCUT2D eigenvalue weighted by molar-refractivity contribution is 5.82. The number of amides is 1. The molecule has 0 aromatic heterocycles. The lowest BCUT2D eigenvalue weighted by molar-refractivity contribution is -0.122. The molecule has 0 aromatic rings. The minimum Gasteiger partial charge on any atom is -0.355 e. The second-order valence-corrected chi connectivity index (χ2v) is 4.27. The topological polar surface area (TPSA) is 41.1 Å². The molecule has 0 spiro atoms.